The van der Waals surface area contributed by atoms with Gasteiger partial charge in [0.25, 0.3) is 0 Å². The lowest BCUT2D eigenvalue weighted by Crippen LogP contribution is -2.51. The van der Waals surface area contributed by atoms with E-state index in [0.29, 0.717) is 18.5 Å². The highest BCUT2D eigenvalue weighted by atomic mass is 16.1. The van der Waals surface area contributed by atoms with E-state index in [-0.39, 0.29) is 5.91 Å². The molecule has 116 valence electrons. The predicted molar refractivity (Wildman–Crippen MR) is 82.7 cm³/mol. The normalized spacial score (nSPS) is 30.9. The highest BCUT2D eigenvalue weighted by Crippen LogP contribution is 2.30. The van der Waals surface area contributed by atoms with Crippen LogP contribution in [0.5, 0.6) is 0 Å². The minimum absolute atomic E-state index is 0.170. The molecule has 2 aliphatic rings. The number of hydrogen-bond donors (Lipinski definition) is 3. The minimum atomic E-state index is 0.170. The van der Waals surface area contributed by atoms with Crippen LogP contribution in [-0.4, -0.2) is 37.6 Å². The molecule has 2 fully saturated rings. The Bertz CT molecular complexity index is 289. The predicted octanol–water partition coefficient (Wildman–Crippen LogP) is 1.80. The molecule has 0 aromatic rings. The average Bonchev–Trinajstić information content (AvgIpc) is 2.49. The molecule has 20 heavy (non-hydrogen) atoms. The zero-order chi connectivity index (χ0) is 14.2. The first-order valence-corrected chi connectivity index (χ1v) is 8.54. The number of rotatable bonds is 6. The summed E-state index contributed by atoms with van der Waals surface area (Å²) in [4.78, 5) is 11.5. The van der Waals surface area contributed by atoms with E-state index in [2.05, 4.69) is 16.0 Å². The smallest absolute Gasteiger partial charge is 0.221 e. The second-order valence-electron chi connectivity index (χ2n) is 6.27. The van der Waals surface area contributed by atoms with Crippen molar-refractivity contribution >= 4 is 5.91 Å². The molecule has 3 unspecified atom stereocenters. The molecule has 4 heteroatoms. The first-order valence-electron chi connectivity index (χ1n) is 8.54. The van der Waals surface area contributed by atoms with Crippen molar-refractivity contribution in [2.75, 3.05) is 19.6 Å². The van der Waals surface area contributed by atoms with Gasteiger partial charge >= 0.3 is 0 Å². The molecule has 1 saturated heterocycles. The molecule has 1 aliphatic heterocycles. The number of carbonyl (C=O) groups is 1. The van der Waals surface area contributed by atoms with Crippen LogP contribution in [0.3, 0.4) is 0 Å². The third kappa shape index (κ3) is 4.74. The first kappa shape index (κ1) is 15.8. The van der Waals surface area contributed by atoms with E-state index < -0.39 is 0 Å². The number of carbonyl (C=O) groups excluding carboxylic acids is 1. The monoisotopic (exact) mass is 281 g/mol. The Labute approximate surface area is 123 Å². The van der Waals surface area contributed by atoms with E-state index in [1.165, 1.54) is 51.5 Å². The van der Waals surface area contributed by atoms with Gasteiger partial charge in [-0.25, -0.2) is 0 Å². The van der Waals surface area contributed by atoms with E-state index in [0.717, 1.165) is 19.0 Å². The maximum absolute atomic E-state index is 11.5. The zero-order valence-electron chi connectivity index (χ0n) is 12.9. The topological polar surface area (TPSA) is 53.2 Å². The molecule has 0 aromatic carbocycles. The Morgan fingerprint density at radius 2 is 1.95 bits per heavy atom. The van der Waals surface area contributed by atoms with Crippen molar-refractivity contribution in [3.63, 3.8) is 0 Å². The molecule has 0 radical (unpaired) electrons. The van der Waals surface area contributed by atoms with Crippen LogP contribution in [0.2, 0.25) is 0 Å². The van der Waals surface area contributed by atoms with E-state index in [9.17, 15) is 4.79 Å². The lowest BCUT2D eigenvalue weighted by molar-refractivity contribution is -0.120. The molecule has 3 atom stereocenters. The molecule has 1 heterocycles. The second kappa shape index (κ2) is 8.63. The van der Waals surface area contributed by atoms with Crippen LogP contribution in [0.4, 0.5) is 0 Å². The Morgan fingerprint density at radius 1 is 1.15 bits per heavy atom. The van der Waals surface area contributed by atoms with Crippen LogP contribution in [0.25, 0.3) is 0 Å². The minimum Gasteiger partial charge on any atom is -0.356 e. The summed E-state index contributed by atoms with van der Waals surface area (Å²) < 4.78 is 0. The zero-order valence-corrected chi connectivity index (χ0v) is 12.9. The molecule has 4 nitrogen and oxygen atoms in total. The fourth-order valence-electron chi connectivity index (χ4n) is 3.80. The second-order valence-corrected chi connectivity index (χ2v) is 6.27. The van der Waals surface area contributed by atoms with Crippen molar-refractivity contribution < 1.29 is 4.79 Å². The molecule has 0 bridgehead atoms. The van der Waals surface area contributed by atoms with Crippen LogP contribution in [0.15, 0.2) is 0 Å². The van der Waals surface area contributed by atoms with Crippen LogP contribution in [0.1, 0.15) is 58.3 Å². The molecule has 1 amide bonds. The number of nitrogens with one attached hydrogen (secondary N) is 3. The van der Waals surface area contributed by atoms with Crippen molar-refractivity contribution in [1.29, 1.82) is 0 Å². The van der Waals surface area contributed by atoms with Crippen LogP contribution in [-0.2, 0) is 4.79 Å². The maximum atomic E-state index is 11.5. The lowest BCUT2D eigenvalue weighted by Gasteiger charge is -2.40. The fourth-order valence-corrected chi connectivity index (χ4v) is 3.80. The van der Waals surface area contributed by atoms with Crippen molar-refractivity contribution in [3.8, 4) is 0 Å². The Balaban J connectivity index is 1.76. The van der Waals surface area contributed by atoms with Gasteiger partial charge in [-0.15, -0.1) is 0 Å². The van der Waals surface area contributed by atoms with Gasteiger partial charge in [0, 0.05) is 31.6 Å². The quantitative estimate of drug-likeness (QED) is 0.696. The number of hydrogen-bond acceptors (Lipinski definition) is 3. The summed E-state index contributed by atoms with van der Waals surface area (Å²) in [6, 6.07) is 1.31. The van der Waals surface area contributed by atoms with Crippen LogP contribution in [0, 0.1) is 5.92 Å². The Morgan fingerprint density at radius 3 is 2.70 bits per heavy atom. The van der Waals surface area contributed by atoms with Gasteiger partial charge in [-0.1, -0.05) is 19.3 Å². The van der Waals surface area contributed by atoms with Crippen molar-refractivity contribution in [2.24, 2.45) is 5.92 Å². The van der Waals surface area contributed by atoms with Gasteiger partial charge in [-0.05, 0) is 45.1 Å². The highest BCUT2D eigenvalue weighted by molar-refractivity contribution is 5.75. The van der Waals surface area contributed by atoms with Gasteiger partial charge in [0.2, 0.25) is 5.91 Å². The molecular weight excluding hydrogens is 250 g/mol. The van der Waals surface area contributed by atoms with Crippen molar-refractivity contribution in [1.82, 2.24) is 16.0 Å². The fraction of sp³-hybridized carbons (Fsp3) is 0.938. The van der Waals surface area contributed by atoms with E-state index in [4.69, 9.17) is 0 Å². The molecule has 1 saturated carbocycles. The number of piperidine rings is 1. The lowest BCUT2D eigenvalue weighted by atomic mass is 9.77. The largest absolute Gasteiger partial charge is 0.356 e. The summed E-state index contributed by atoms with van der Waals surface area (Å²) in [6.07, 6.45) is 9.97. The highest BCUT2D eigenvalue weighted by Gasteiger charge is 2.31. The Kier molecular flexibility index (Phi) is 6.80. The summed E-state index contributed by atoms with van der Waals surface area (Å²) in [7, 11) is 0. The van der Waals surface area contributed by atoms with Gasteiger partial charge in [0.15, 0.2) is 0 Å². The summed E-state index contributed by atoms with van der Waals surface area (Å²) in [5.41, 5.74) is 0. The average molecular weight is 281 g/mol. The van der Waals surface area contributed by atoms with Crippen molar-refractivity contribution in [3.05, 3.63) is 0 Å². The molecule has 3 N–H and O–H groups in total. The Hall–Kier alpha value is -0.610. The van der Waals surface area contributed by atoms with Gasteiger partial charge in [0.1, 0.15) is 0 Å². The summed E-state index contributed by atoms with van der Waals surface area (Å²) >= 11 is 0. The van der Waals surface area contributed by atoms with E-state index in [1.54, 1.807) is 0 Å². The van der Waals surface area contributed by atoms with Gasteiger partial charge in [0.05, 0.1) is 0 Å². The molecule has 0 spiro atoms. The number of amides is 1. The summed E-state index contributed by atoms with van der Waals surface area (Å²) in [6.45, 7) is 4.71. The summed E-state index contributed by atoms with van der Waals surface area (Å²) in [5, 5.41) is 10.2. The third-order valence-corrected chi connectivity index (χ3v) is 4.82. The summed E-state index contributed by atoms with van der Waals surface area (Å²) in [5.74, 6) is 0.932. The van der Waals surface area contributed by atoms with E-state index >= 15 is 0 Å². The molecule has 1 aliphatic carbocycles. The third-order valence-electron chi connectivity index (χ3n) is 4.82. The molecule has 2 rings (SSSR count). The van der Waals surface area contributed by atoms with Gasteiger partial charge < -0.3 is 16.0 Å². The SMILES string of the molecule is CCNC(=O)CCNC1CCCCC1C1CCCCN1. The first-order chi connectivity index (χ1) is 9.81. The standard InChI is InChI=1S/C16H31N3O/c1-2-17-16(20)10-12-19-15-8-4-3-7-13(15)14-9-5-6-11-18-14/h13-15,18-19H,2-12H2,1H3,(H,17,20). The maximum Gasteiger partial charge on any atom is 0.221 e. The van der Waals surface area contributed by atoms with Crippen LogP contribution >= 0.6 is 0 Å². The van der Waals surface area contributed by atoms with Gasteiger partial charge in [-0.3, -0.25) is 4.79 Å². The molecular formula is C16H31N3O. The molecule has 0 aromatic heterocycles. The van der Waals surface area contributed by atoms with E-state index in [1.807, 2.05) is 6.92 Å². The van der Waals surface area contributed by atoms with Crippen molar-refractivity contribution in [2.45, 2.75) is 70.4 Å². The van der Waals surface area contributed by atoms with Crippen LogP contribution < -0.4 is 16.0 Å². The van der Waals surface area contributed by atoms with Gasteiger partial charge in [-0.2, -0.15) is 0 Å².